The van der Waals surface area contributed by atoms with Gasteiger partial charge >= 0.3 is 0 Å². The van der Waals surface area contributed by atoms with Gasteiger partial charge in [-0.15, -0.1) is 0 Å². The summed E-state index contributed by atoms with van der Waals surface area (Å²) in [7, 11) is 0. The summed E-state index contributed by atoms with van der Waals surface area (Å²) in [5.74, 6) is 0. The smallest absolute Gasteiger partial charge is 0.0153 e. The lowest BCUT2D eigenvalue weighted by Gasteiger charge is -2.34. The molecule has 0 spiro atoms. The molecule has 1 saturated carbocycles. The van der Waals surface area contributed by atoms with Crippen LogP contribution in [0.4, 0.5) is 0 Å². The highest BCUT2D eigenvalue weighted by Gasteiger charge is 2.25. The molecule has 0 aromatic heterocycles. The number of hydrogen-bond donors (Lipinski definition) is 1. The number of benzene rings is 1. The molecule has 0 radical (unpaired) electrons. The van der Waals surface area contributed by atoms with Crippen molar-refractivity contribution < 1.29 is 0 Å². The van der Waals surface area contributed by atoms with Crippen LogP contribution in [0.25, 0.3) is 0 Å². The summed E-state index contributed by atoms with van der Waals surface area (Å²) < 4.78 is 0. The molecule has 1 N–H and O–H groups in total. The number of nitrogens with one attached hydrogen (secondary N) is 1. The molecule has 1 aliphatic carbocycles. The van der Waals surface area contributed by atoms with Crippen molar-refractivity contribution in [2.45, 2.75) is 57.4 Å². The van der Waals surface area contributed by atoms with E-state index in [2.05, 4.69) is 42.6 Å². The average molecular weight is 231 g/mol. The number of rotatable bonds is 5. The van der Waals surface area contributed by atoms with Gasteiger partial charge < -0.3 is 5.32 Å². The Bertz CT molecular complexity index is 312. The van der Waals surface area contributed by atoms with Crippen LogP contribution >= 0.6 is 0 Å². The summed E-state index contributed by atoms with van der Waals surface area (Å²) in [6.07, 6.45) is 9.41. The van der Waals surface area contributed by atoms with Gasteiger partial charge in [-0.1, -0.05) is 49.6 Å². The molecule has 2 rings (SSSR count). The summed E-state index contributed by atoms with van der Waals surface area (Å²) in [4.78, 5) is 0. The van der Waals surface area contributed by atoms with E-state index < -0.39 is 0 Å². The van der Waals surface area contributed by atoms with Crippen LogP contribution in [0.1, 0.15) is 51.0 Å². The van der Waals surface area contributed by atoms with Crippen LogP contribution in [0.5, 0.6) is 0 Å². The lowest BCUT2D eigenvalue weighted by molar-refractivity contribution is 0.254. The zero-order chi connectivity index (χ0) is 12.0. The predicted molar refractivity (Wildman–Crippen MR) is 74.3 cm³/mol. The molecule has 0 bridgehead atoms. The molecule has 17 heavy (non-hydrogen) atoms. The second kappa shape index (κ2) is 6.20. The predicted octanol–water partition coefficient (Wildman–Crippen LogP) is 3.93. The second-order valence-corrected chi connectivity index (χ2v) is 5.64. The average Bonchev–Trinajstić information content (AvgIpc) is 2.37. The van der Waals surface area contributed by atoms with Crippen molar-refractivity contribution >= 4 is 0 Å². The lowest BCUT2D eigenvalue weighted by atomic mass is 9.83. The van der Waals surface area contributed by atoms with E-state index in [0.29, 0.717) is 5.54 Å². The summed E-state index contributed by atoms with van der Waals surface area (Å²) in [6.45, 7) is 3.56. The van der Waals surface area contributed by atoms with Gasteiger partial charge in [0, 0.05) is 5.54 Å². The van der Waals surface area contributed by atoms with Gasteiger partial charge in [0.05, 0.1) is 0 Å². The minimum atomic E-state index is 0.426. The van der Waals surface area contributed by atoms with Crippen LogP contribution in [0.3, 0.4) is 0 Å². The van der Waals surface area contributed by atoms with E-state index in [4.69, 9.17) is 0 Å². The Morgan fingerprint density at radius 2 is 1.76 bits per heavy atom. The van der Waals surface area contributed by atoms with Crippen molar-refractivity contribution in [3.05, 3.63) is 35.9 Å². The van der Waals surface area contributed by atoms with Crippen molar-refractivity contribution in [1.29, 1.82) is 0 Å². The molecule has 1 aromatic carbocycles. The first-order valence-electron chi connectivity index (χ1n) is 7.07. The molecular formula is C16H25N. The molecule has 1 aliphatic rings. The monoisotopic (exact) mass is 231 g/mol. The molecule has 0 heterocycles. The lowest BCUT2D eigenvalue weighted by Crippen LogP contribution is -2.44. The van der Waals surface area contributed by atoms with Crippen LogP contribution in [0.2, 0.25) is 0 Å². The van der Waals surface area contributed by atoms with Gasteiger partial charge in [0.25, 0.3) is 0 Å². The highest BCUT2D eigenvalue weighted by molar-refractivity contribution is 5.14. The fraction of sp³-hybridized carbons (Fsp3) is 0.625. The molecule has 0 unspecified atom stereocenters. The van der Waals surface area contributed by atoms with Crippen LogP contribution in [0, 0.1) is 0 Å². The molecule has 0 amide bonds. The van der Waals surface area contributed by atoms with Gasteiger partial charge in [-0.3, -0.25) is 0 Å². The molecule has 0 aliphatic heterocycles. The van der Waals surface area contributed by atoms with E-state index in [1.165, 1.54) is 50.5 Å². The number of aryl methyl sites for hydroxylation is 1. The second-order valence-electron chi connectivity index (χ2n) is 5.64. The Morgan fingerprint density at radius 3 is 2.47 bits per heavy atom. The van der Waals surface area contributed by atoms with Crippen LogP contribution in [-0.2, 0) is 6.42 Å². The first-order chi connectivity index (χ1) is 8.29. The zero-order valence-corrected chi connectivity index (χ0v) is 11.0. The maximum absolute atomic E-state index is 3.77. The normalized spacial score (nSPS) is 19.1. The SMILES string of the molecule is CC1(NCCCc2ccccc2)CCCCC1. The van der Waals surface area contributed by atoms with E-state index in [0.717, 1.165) is 6.54 Å². The summed E-state index contributed by atoms with van der Waals surface area (Å²) in [5, 5.41) is 3.77. The van der Waals surface area contributed by atoms with Crippen molar-refractivity contribution in [1.82, 2.24) is 5.32 Å². The van der Waals surface area contributed by atoms with Crippen molar-refractivity contribution in [2.24, 2.45) is 0 Å². The fourth-order valence-electron chi connectivity index (χ4n) is 2.84. The summed E-state index contributed by atoms with van der Waals surface area (Å²) in [6, 6.07) is 10.8. The number of hydrogen-bond acceptors (Lipinski definition) is 1. The molecule has 94 valence electrons. The van der Waals surface area contributed by atoms with Crippen molar-refractivity contribution in [3.63, 3.8) is 0 Å². The maximum Gasteiger partial charge on any atom is 0.0153 e. The van der Waals surface area contributed by atoms with Gasteiger partial charge in [0.15, 0.2) is 0 Å². The molecule has 1 heteroatoms. The Kier molecular flexibility index (Phi) is 4.61. The summed E-state index contributed by atoms with van der Waals surface area (Å²) in [5.41, 5.74) is 1.89. The molecule has 0 saturated heterocycles. The van der Waals surface area contributed by atoms with Crippen LogP contribution in [-0.4, -0.2) is 12.1 Å². The Hall–Kier alpha value is -0.820. The standard InChI is InChI=1S/C16H25N/c1-16(12-6-3-7-13-16)17-14-8-11-15-9-4-2-5-10-15/h2,4-5,9-10,17H,3,6-8,11-14H2,1H3. The third kappa shape index (κ3) is 4.16. The van der Waals surface area contributed by atoms with E-state index >= 15 is 0 Å². The first-order valence-corrected chi connectivity index (χ1v) is 7.07. The zero-order valence-electron chi connectivity index (χ0n) is 11.0. The Morgan fingerprint density at radius 1 is 1.06 bits per heavy atom. The fourth-order valence-corrected chi connectivity index (χ4v) is 2.84. The van der Waals surface area contributed by atoms with Gasteiger partial charge in [-0.25, -0.2) is 0 Å². The Balaban J connectivity index is 1.66. The Labute approximate surface area is 106 Å². The minimum absolute atomic E-state index is 0.426. The van der Waals surface area contributed by atoms with E-state index in [1.54, 1.807) is 0 Å². The molecule has 1 aromatic rings. The molecule has 0 atom stereocenters. The van der Waals surface area contributed by atoms with E-state index in [9.17, 15) is 0 Å². The topological polar surface area (TPSA) is 12.0 Å². The van der Waals surface area contributed by atoms with E-state index in [-0.39, 0.29) is 0 Å². The highest BCUT2D eigenvalue weighted by atomic mass is 15.0. The van der Waals surface area contributed by atoms with Gasteiger partial charge in [-0.2, -0.15) is 0 Å². The van der Waals surface area contributed by atoms with Gasteiger partial charge in [-0.05, 0) is 44.7 Å². The van der Waals surface area contributed by atoms with Gasteiger partial charge in [0.1, 0.15) is 0 Å². The highest BCUT2D eigenvalue weighted by Crippen LogP contribution is 2.27. The molecule has 1 fully saturated rings. The maximum atomic E-state index is 3.77. The third-order valence-electron chi connectivity index (χ3n) is 3.99. The molecule has 1 nitrogen and oxygen atoms in total. The van der Waals surface area contributed by atoms with Gasteiger partial charge in [0.2, 0.25) is 0 Å². The van der Waals surface area contributed by atoms with Crippen molar-refractivity contribution in [2.75, 3.05) is 6.54 Å². The van der Waals surface area contributed by atoms with Crippen LogP contribution in [0.15, 0.2) is 30.3 Å². The summed E-state index contributed by atoms with van der Waals surface area (Å²) >= 11 is 0. The largest absolute Gasteiger partial charge is 0.312 e. The first kappa shape index (κ1) is 12.6. The molecular weight excluding hydrogens is 206 g/mol. The van der Waals surface area contributed by atoms with Crippen LogP contribution < -0.4 is 5.32 Å². The minimum Gasteiger partial charge on any atom is -0.312 e. The quantitative estimate of drug-likeness (QED) is 0.757. The van der Waals surface area contributed by atoms with E-state index in [1.807, 2.05) is 0 Å². The third-order valence-corrected chi connectivity index (χ3v) is 3.99. The van der Waals surface area contributed by atoms with Crippen molar-refractivity contribution in [3.8, 4) is 0 Å².